The molecule has 0 spiro atoms. The largest absolute Gasteiger partial charge is 0.397 e. The highest BCUT2D eigenvalue weighted by Gasteiger charge is 2.13. The molecule has 0 heterocycles. The maximum absolute atomic E-state index is 13.0. The average Bonchev–Trinajstić information content (AvgIpc) is 2.43. The molecule has 2 rings (SSSR count). The predicted molar refractivity (Wildman–Crippen MR) is 81.8 cm³/mol. The fourth-order valence-electron chi connectivity index (χ4n) is 1.68. The molecule has 4 N–H and O–H groups in total. The Morgan fingerprint density at radius 1 is 1.14 bits per heavy atom. The van der Waals surface area contributed by atoms with Crippen LogP contribution in [0.4, 0.5) is 21.5 Å². The number of nitrogen functional groups attached to an aromatic ring is 1. The number of anilines is 3. The minimum Gasteiger partial charge on any atom is -0.397 e. The summed E-state index contributed by atoms with van der Waals surface area (Å²) in [5, 5.41) is 3.12. The summed E-state index contributed by atoms with van der Waals surface area (Å²) in [4.78, 5) is 0.0539. The first-order valence-electron chi connectivity index (χ1n) is 5.88. The van der Waals surface area contributed by atoms with E-state index in [0.717, 1.165) is 0 Å². The Hall–Kier alpha value is -1.83. The summed E-state index contributed by atoms with van der Waals surface area (Å²) in [7, 11) is -2.24. The van der Waals surface area contributed by atoms with Crippen molar-refractivity contribution in [3.05, 3.63) is 47.2 Å². The van der Waals surface area contributed by atoms with Crippen LogP contribution in [0.25, 0.3) is 0 Å². The van der Waals surface area contributed by atoms with E-state index < -0.39 is 15.8 Å². The van der Waals surface area contributed by atoms with Crippen molar-refractivity contribution in [2.75, 3.05) is 18.1 Å². The summed E-state index contributed by atoms with van der Waals surface area (Å²) in [5.41, 5.74) is 6.99. The molecule has 0 amide bonds. The van der Waals surface area contributed by atoms with E-state index in [1.165, 1.54) is 43.4 Å². The highest BCUT2D eigenvalue weighted by atomic mass is 35.5. The quantitative estimate of drug-likeness (QED) is 0.753. The first-order chi connectivity index (χ1) is 9.83. The molecule has 0 bridgehead atoms. The Labute approximate surface area is 127 Å². The molecule has 0 saturated heterocycles. The summed E-state index contributed by atoms with van der Waals surface area (Å²) >= 11 is 5.91. The molecule has 0 fully saturated rings. The number of benzene rings is 2. The zero-order chi connectivity index (χ0) is 15.6. The molecule has 0 aliphatic heterocycles. The molecule has 0 radical (unpaired) electrons. The summed E-state index contributed by atoms with van der Waals surface area (Å²) in [6, 6.07) is 8.13. The number of hydrogen-bond donors (Lipinski definition) is 3. The molecule has 5 nitrogen and oxygen atoms in total. The van der Waals surface area contributed by atoms with E-state index in [9.17, 15) is 12.8 Å². The lowest BCUT2D eigenvalue weighted by atomic mass is 10.2. The van der Waals surface area contributed by atoms with Gasteiger partial charge in [-0.25, -0.2) is 17.5 Å². The van der Waals surface area contributed by atoms with Crippen molar-refractivity contribution in [3.63, 3.8) is 0 Å². The minimum absolute atomic E-state index is 0.0539. The molecule has 8 heteroatoms. The van der Waals surface area contributed by atoms with Gasteiger partial charge in [0.15, 0.2) is 0 Å². The van der Waals surface area contributed by atoms with Crippen LogP contribution in [0.5, 0.6) is 0 Å². The minimum atomic E-state index is -3.56. The van der Waals surface area contributed by atoms with Gasteiger partial charge in [0, 0.05) is 0 Å². The van der Waals surface area contributed by atoms with Gasteiger partial charge in [0.25, 0.3) is 0 Å². The molecule has 112 valence electrons. The predicted octanol–water partition coefficient (Wildman–Crippen LogP) is 2.71. The van der Waals surface area contributed by atoms with Crippen LogP contribution in [0, 0.1) is 5.82 Å². The van der Waals surface area contributed by atoms with Gasteiger partial charge in [-0.3, -0.25) is 0 Å². The fraction of sp³-hybridized carbons (Fsp3) is 0.0769. The van der Waals surface area contributed by atoms with Gasteiger partial charge in [-0.05, 0) is 43.4 Å². The number of sulfonamides is 1. The maximum Gasteiger partial charge on any atom is 0.240 e. The first-order valence-corrected chi connectivity index (χ1v) is 7.75. The number of nitrogens with one attached hydrogen (secondary N) is 2. The third-order valence-electron chi connectivity index (χ3n) is 2.80. The molecule has 2 aromatic rings. The Balaban J connectivity index is 2.34. The van der Waals surface area contributed by atoms with Gasteiger partial charge in [0.2, 0.25) is 10.0 Å². The van der Waals surface area contributed by atoms with Gasteiger partial charge >= 0.3 is 0 Å². The van der Waals surface area contributed by atoms with Crippen LogP contribution in [0.3, 0.4) is 0 Å². The second kappa shape index (κ2) is 5.88. The number of hydrogen-bond acceptors (Lipinski definition) is 4. The molecule has 0 aliphatic carbocycles. The van der Waals surface area contributed by atoms with E-state index in [0.29, 0.717) is 11.4 Å². The first kappa shape index (κ1) is 15.6. The second-order valence-corrected chi connectivity index (χ2v) is 6.50. The summed E-state index contributed by atoms with van der Waals surface area (Å²) in [6.07, 6.45) is 0. The van der Waals surface area contributed by atoms with E-state index in [2.05, 4.69) is 10.0 Å². The van der Waals surface area contributed by atoms with Crippen molar-refractivity contribution in [1.82, 2.24) is 4.72 Å². The molecule has 0 aromatic heterocycles. The van der Waals surface area contributed by atoms with E-state index in [-0.39, 0.29) is 15.6 Å². The van der Waals surface area contributed by atoms with Crippen molar-refractivity contribution < 1.29 is 12.8 Å². The monoisotopic (exact) mass is 329 g/mol. The van der Waals surface area contributed by atoms with Gasteiger partial charge in [0.05, 0.1) is 27.0 Å². The van der Waals surface area contributed by atoms with Crippen LogP contribution >= 0.6 is 11.6 Å². The zero-order valence-corrected chi connectivity index (χ0v) is 12.6. The van der Waals surface area contributed by atoms with Crippen molar-refractivity contribution >= 4 is 38.7 Å². The van der Waals surface area contributed by atoms with E-state index >= 15 is 0 Å². The van der Waals surface area contributed by atoms with Gasteiger partial charge in [-0.15, -0.1) is 0 Å². The van der Waals surface area contributed by atoms with Crippen molar-refractivity contribution in [1.29, 1.82) is 0 Å². The smallest absolute Gasteiger partial charge is 0.240 e. The van der Waals surface area contributed by atoms with Crippen LogP contribution in [0.15, 0.2) is 41.3 Å². The zero-order valence-electron chi connectivity index (χ0n) is 11.0. The normalized spacial score (nSPS) is 11.4. The average molecular weight is 330 g/mol. The van der Waals surface area contributed by atoms with Crippen molar-refractivity contribution in [2.45, 2.75) is 4.90 Å². The molecule has 2 aromatic carbocycles. The molecule has 0 saturated carbocycles. The lowest BCUT2D eigenvalue weighted by molar-refractivity contribution is 0.588. The molecule has 0 aliphatic rings. The Morgan fingerprint density at radius 2 is 1.81 bits per heavy atom. The molecule has 0 atom stereocenters. The molecular weight excluding hydrogens is 317 g/mol. The van der Waals surface area contributed by atoms with Crippen LogP contribution in [0.2, 0.25) is 5.02 Å². The van der Waals surface area contributed by atoms with Gasteiger partial charge in [-0.1, -0.05) is 11.6 Å². The van der Waals surface area contributed by atoms with Crippen LogP contribution in [-0.4, -0.2) is 15.5 Å². The van der Waals surface area contributed by atoms with Crippen molar-refractivity contribution in [2.24, 2.45) is 0 Å². The Bertz CT molecular complexity index is 781. The van der Waals surface area contributed by atoms with Crippen LogP contribution < -0.4 is 15.8 Å². The topological polar surface area (TPSA) is 84.2 Å². The van der Waals surface area contributed by atoms with Gasteiger partial charge in [-0.2, -0.15) is 0 Å². The fourth-order valence-corrected chi connectivity index (χ4v) is 2.66. The van der Waals surface area contributed by atoms with Gasteiger partial charge < -0.3 is 11.1 Å². The molecular formula is C13H13ClFN3O2S. The number of halogens is 2. The third kappa shape index (κ3) is 3.44. The Morgan fingerprint density at radius 3 is 2.38 bits per heavy atom. The second-order valence-electron chi connectivity index (χ2n) is 4.21. The number of rotatable bonds is 4. The van der Waals surface area contributed by atoms with Crippen molar-refractivity contribution in [3.8, 4) is 0 Å². The highest BCUT2D eigenvalue weighted by molar-refractivity contribution is 7.89. The summed E-state index contributed by atoms with van der Waals surface area (Å²) in [6.45, 7) is 0. The molecule has 21 heavy (non-hydrogen) atoms. The lowest BCUT2D eigenvalue weighted by Gasteiger charge is -2.12. The van der Waals surface area contributed by atoms with E-state index in [4.69, 9.17) is 17.3 Å². The van der Waals surface area contributed by atoms with Gasteiger partial charge in [0.1, 0.15) is 5.82 Å². The summed E-state index contributed by atoms with van der Waals surface area (Å²) in [5.74, 6) is -0.450. The van der Waals surface area contributed by atoms with E-state index in [1.54, 1.807) is 0 Å². The third-order valence-corrected chi connectivity index (χ3v) is 4.53. The SMILES string of the molecule is CNS(=O)(=O)c1ccc(Nc2ccc(F)cc2Cl)c(N)c1. The lowest BCUT2D eigenvalue weighted by Crippen LogP contribution is -2.18. The van der Waals surface area contributed by atoms with Crippen LogP contribution in [-0.2, 0) is 10.0 Å². The summed E-state index contributed by atoms with van der Waals surface area (Å²) < 4.78 is 38.5. The molecule has 0 unspecified atom stereocenters. The number of nitrogens with two attached hydrogens (primary N) is 1. The maximum atomic E-state index is 13.0. The highest BCUT2D eigenvalue weighted by Crippen LogP contribution is 2.30. The van der Waals surface area contributed by atoms with E-state index in [1.807, 2.05) is 0 Å². The van der Waals surface area contributed by atoms with Crippen LogP contribution in [0.1, 0.15) is 0 Å². The standard InChI is InChI=1S/C13H13ClFN3O2S/c1-17-21(19,20)9-3-5-13(11(16)7-9)18-12-4-2-8(15)6-10(12)14/h2-7,17-18H,16H2,1H3. The Kier molecular flexibility index (Phi) is 4.36.